The van der Waals surface area contributed by atoms with Crippen molar-refractivity contribution in [2.24, 2.45) is 0 Å². The van der Waals surface area contributed by atoms with Gasteiger partial charge in [0, 0.05) is 12.8 Å². The highest BCUT2D eigenvalue weighted by atomic mass is 16.5. The van der Waals surface area contributed by atoms with E-state index in [1.54, 1.807) is 0 Å². The number of hydrogen-bond acceptors (Lipinski definition) is 3. The summed E-state index contributed by atoms with van der Waals surface area (Å²) in [5.41, 5.74) is 0. The van der Waals surface area contributed by atoms with Gasteiger partial charge < -0.3 is 4.74 Å². The van der Waals surface area contributed by atoms with E-state index in [1.165, 1.54) is 70.6 Å². The van der Waals surface area contributed by atoms with Crippen molar-refractivity contribution in [2.75, 3.05) is 6.61 Å². The molecule has 3 heteroatoms. The molecular weight excluding hydrogens is 286 g/mol. The Bertz CT molecular complexity index is 297. The van der Waals surface area contributed by atoms with Gasteiger partial charge >= 0.3 is 5.97 Å². The molecule has 0 heterocycles. The highest BCUT2D eigenvalue weighted by Gasteiger charge is 2.00. The molecule has 23 heavy (non-hydrogen) atoms. The lowest BCUT2D eigenvalue weighted by Gasteiger charge is -2.03. The van der Waals surface area contributed by atoms with Crippen molar-refractivity contribution in [2.45, 2.75) is 110 Å². The first-order valence-electron chi connectivity index (χ1n) is 9.83. The highest BCUT2D eigenvalue weighted by molar-refractivity contribution is 5.69. The van der Waals surface area contributed by atoms with Crippen LogP contribution in [0.2, 0.25) is 0 Å². The maximum atomic E-state index is 11.2. The zero-order valence-electron chi connectivity index (χ0n) is 15.3. The molecule has 3 nitrogen and oxygen atoms in total. The zero-order chi connectivity index (χ0) is 17.0. The maximum Gasteiger partial charge on any atom is 0.305 e. The molecule has 0 aliphatic carbocycles. The van der Waals surface area contributed by atoms with E-state index in [0.717, 1.165) is 25.7 Å². The van der Waals surface area contributed by atoms with Crippen molar-refractivity contribution in [1.29, 1.82) is 5.26 Å². The topological polar surface area (TPSA) is 50.1 Å². The average Bonchev–Trinajstić information content (AvgIpc) is 2.54. The molecular formula is C20H37NO2. The van der Waals surface area contributed by atoms with Gasteiger partial charge in [0.15, 0.2) is 0 Å². The Morgan fingerprint density at radius 1 is 0.739 bits per heavy atom. The van der Waals surface area contributed by atoms with Crippen LogP contribution in [0.15, 0.2) is 0 Å². The van der Waals surface area contributed by atoms with Crippen molar-refractivity contribution in [3.8, 4) is 6.07 Å². The first kappa shape index (κ1) is 22.0. The standard InChI is InChI=1S/C20H37NO2/c1-2-23-20(22)18-16-14-12-10-8-6-4-3-5-7-9-11-13-15-17-19-21/h2-18H2,1H3. The van der Waals surface area contributed by atoms with Crippen LogP contribution in [-0.4, -0.2) is 12.6 Å². The van der Waals surface area contributed by atoms with Crippen LogP contribution in [0.25, 0.3) is 0 Å². The fourth-order valence-corrected chi connectivity index (χ4v) is 2.83. The van der Waals surface area contributed by atoms with E-state index in [-0.39, 0.29) is 5.97 Å². The molecule has 0 rings (SSSR count). The third-order valence-corrected chi connectivity index (χ3v) is 4.22. The first-order chi connectivity index (χ1) is 11.3. The summed E-state index contributed by atoms with van der Waals surface area (Å²) in [5, 5.41) is 8.44. The highest BCUT2D eigenvalue weighted by Crippen LogP contribution is 2.13. The van der Waals surface area contributed by atoms with E-state index in [4.69, 9.17) is 10.00 Å². The summed E-state index contributed by atoms with van der Waals surface area (Å²) in [7, 11) is 0. The molecule has 134 valence electrons. The van der Waals surface area contributed by atoms with Gasteiger partial charge in [-0.2, -0.15) is 5.26 Å². The van der Waals surface area contributed by atoms with Crippen LogP contribution in [0, 0.1) is 11.3 Å². The molecule has 0 fully saturated rings. The van der Waals surface area contributed by atoms with Gasteiger partial charge in [0.2, 0.25) is 0 Å². The monoisotopic (exact) mass is 323 g/mol. The van der Waals surface area contributed by atoms with Crippen molar-refractivity contribution in [1.82, 2.24) is 0 Å². The summed E-state index contributed by atoms with van der Waals surface area (Å²) >= 11 is 0. The van der Waals surface area contributed by atoms with Crippen LogP contribution in [0.5, 0.6) is 0 Å². The van der Waals surface area contributed by atoms with Gasteiger partial charge in [-0.3, -0.25) is 4.79 Å². The minimum absolute atomic E-state index is 0.0439. The molecule has 0 saturated carbocycles. The molecule has 0 aromatic rings. The number of esters is 1. The largest absolute Gasteiger partial charge is 0.466 e. The van der Waals surface area contributed by atoms with E-state index in [9.17, 15) is 4.79 Å². The Labute approximate surface area is 143 Å². The minimum Gasteiger partial charge on any atom is -0.466 e. The Morgan fingerprint density at radius 3 is 1.52 bits per heavy atom. The van der Waals surface area contributed by atoms with Gasteiger partial charge in [-0.1, -0.05) is 77.0 Å². The molecule has 0 bridgehead atoms. The summed E-state index contributed by atoms with van der Waals surface area (Å²) in [6, 6.07) is 2.20. The quantitative estimate of drug-likeness (QED) is 0.232. The lowest BCUT2D eigenvalue weighted by atomic mass is 10.0. The van der Waals surface area contributed by atoms with Crippen molar-refractivity contribution in [3.05, 3.63) is 0 Å². The number of nitrogens with zero attached hydrogens (tertiary/aromatic N) is 1. The normalized spacial score (nSPS) is 10.4. The second-order valence-electron chi connectivity index (χ2n) is 6.41. The van der Waals surface area contributed by atoms with E-state index in [1.807, 2.05) is 6.92 Å². The van der Waals surface area contributed by atoms with Gasteiger partial charge in [-0.05, 0) is 19.8 Å². The van der Waals surface area contributed by atoms with Gasteiger partial charge in [0.25, 0.3) is 0 Å². The predicted molar refractivity (Wildman–Crippen MR) is 96.1 cm³/mol. The van der Waals surface area contributed by atoms with Gasteiger partial charge in [0.05, 0.1) is 12.7 Å². The number of rotatable bonds is 17. The number of carbonyl (C=O) groups excluding carboxylic acids is 1. The Balaban J connectivity index is 3.03. The summed E-state index contributed by atoms with van der Waals surface area (Å²) in [4.78, 5) is 11.2. The third-order valence-electron chi connectivity index (χ3n) is 4.22. The Kier molecular flexibility index (Phi) is 18.1. The summed E-state index contributed by atoms with van der Waals surface area (Å²) in [6.45, 7) is 2.36. The van der Waals surface area contributed by atoms with Crippen LogP contribution in [0.3, 0.4) is 0 Å². The predicted octanol–water partition coefficient (Wildman–Crippen LogP) is 6.31. The molecule has 0 aliphatic rings. The number of ether oxygens (including phenoxy) is 1. The SMILES string of the molecule is CCOC(=O)CCCCCCCCCCCCCCCCC#N. The van der Waals surface area contributed by atoms with E-state index < -0.39 is 0 Å². The van der Waals surface area contributed by atoms with Crippen molar-refractivity contribution < 1.29 is 9.53 Å². The molecule has 0 N–H and O–H groups in total. The third kappa shape index (κ3) is 18.9. The van der Waals surface area contributed by atoms with Crippen molar-refractivity contribution in [3.63, 3.8) is 0 Å². The summed E-state index contributed by atoms with van der Waals surface area (Å²) in [6.07, 6.45) is 19.1. The number of unbranched alkanes of at least 4 members (excludes halogenated alkanes) is 14. The second-order valence-corrected chi connectivity index (χ2v) is 6.41. The van der Waals surface area contributed by atoms with Crippen LogP contribution in [0.4, 0.5) is 0 Å². The van der Waals surface area contributed by atoms with Gasteiger partial charge in [-0.25, -0.2) is 0 Å². The molecule has 0 aromatic heterocycles. The van der Waals surface area contributed by atoms with E-state index in [2.05, 4.69) is 6.07 Å². The van der Waals surface area contributed by atoms with Gasteiger partial charge in [-0.15, -0.1) is 0 Å². The van der Waals surface area contributed by atoms with Crippen LogP contribution in [0.1, 0.15) is 110 Å². The average molecular weight is 324 g/mol. The summed E-state index contributed by atoms with van der Waals surface area (Å²) < 4.78 is 4.91. The minimum atomic E-state index is -0.0439. The fraction of sp³-hybridized carbons (Fsp3) is 0.900. The lowest BCUT2D eigenvalue weighted by molar-refractivity contribution is -0.143. The molecule has 0 atom stereocenters. The molecule has 0 aromatic carbocycles. The first-order valence-corrected chi connectivity index (χ1v) is 9.83. The molecule has 0 radical (unpaired) electrons. The molecule has 0 aliphatic heterocycles. The van der Waals surface area contributed by atoms with E-state index in [0.29, 0.717) is 13.0 Å². The molecule has 0 spiro atoms. The molecule has 0 unspecified atom stereocenters. The summed E-state index contributed by atoms with van der Waals surface area (Å²) in [5.74, 6) is -0.0439. The number of hydrogen-bond donors (Lipinski definition) is 0. The smallest absolute Gasteiger partial charge is 0.305 e. The van der Waals surface area contributed by atoms with Crippen LogP contribution in [-0.2, 0) is 9.53 Å². The lowest BCUT2D eigenvalue weighted by Crippen LogP contribution is -2.03. The van der Waals surface area contributed by atoms with Crippen molar-refractivity contribution >= 4 is 5.97 Å². The molecule has 0 amide bonds. The van der Waals surface area contributed by atoms with E-state index >= 15 is 0 Å². The van der Waals surface area contributed by atoms with Crippen LogP contribution >= 0.6 is 0 Å². The Morgan fingerprint density at radius 2 is 1.13 bits per heavy atom. The Hall–Kier alpha value is -1.04. The zero-order valence-corrected chi connectivity index (χ0v) is 15.3. The number of carbonyl (C=O) groups is 1. The fourth-order valence-electron chi connectivity index (χ4n) is 2.83. The number of nitriles is 1. The maximum absolute atomic E-state index is 11.2. The van der Waals surface area contributed by atoms with Gasteiger partial charge in [0.1, 0.15) is 0 Å². The molecule has 0 saturated heterocycles. The second kappa shape index (κ2) is 19.0. The van der Waals surface area contributed by atoms with Crippen LogP contribution < -0.4 is 0 Å².